The summed E-state index contributed by atoms with van der Waals surface area (Å²) in [6.45, 7) is 10.7. The maximum atomic E-state index is 14.3. The molecular formula is C24H29ClFN3O4SSi. The van der Waals surface area contributed by atoms with E-state index >= 15 is 0 Å². The zero-order valence-electron chi connectivity index (χ0n) is 20.5. The van der Waals surface area contributed by atoms with Crippen molar-refractivity contribution in [1.29, 1.82) is 0 Å². The van der Waals surface area contributed by atoms with E-state index in [9.17, 15) is 17.6 Å². The third kappa shape index (κ3) is 6.24. The van der Waals surface area contributed by atoms with Gasteiger partial charge in [0.05, 0.1) is 23.4 Å². The van der Waals surface area contributed by atoms with Crippen LogP contribution in [0.1, 0.15) is 32.4 Å². The first-order chi connectivity index (χ1) is 16.1. The summed E-state index contributed by atoms with van der Waals surface area (Å²) in [4.78, 5) is 21.1. The summed E-state index contributed by atoms with van der Waals surface area (Å²) in [5, 5.41) is -0.385. The zero-order valence-corrected chi connectivity index (χ0v) is 23.1. The fourth-order valence-corrected chi connectivity index (χ4v) is 4.79. The van der Waals surface area contributed by atoms with E-state index in [0.717, 1.165) is 6.26 Å². The van der Waals surface area contributed by atoms with Crippen LogP contribution in [-0.4, -0.2) is 44.1 Å². The Balaban J connectivity index is 2.05. The molecule has 2 heterocycles. The summed E-state index contributed by atoms with van der Waals surface area (Å²) < 4.78 is 45.8. The predicted molar refractivity (Wildman–Crippen MR) is 138 cm³/mol. The second-order valence-corrected chi connectivity index (χ2v) is 17.0. The average molecular weight is 538 g/mol. The van der Waals surface area contributed by atoms with E-state index in [-0.39, 0.29) is 27.4 Å². The number of hydrogen-bond donors (Lipinski definition) is 0. The van der Waals surface area contributed by atoms with E-state index in [0.29, 0.717) is 16.8 Å². The molecule has 0 aliphatic heterocycles. The maximum Gasteiger partial charge on any atom is 0.251 e. The first-order valence-electron chi connectivity index (χ1n) is 10.9. The molecular weight excluding hydrogens is 509 g/mol. The van der Waals surface area contributed by atoms with Gasteiger partial charge in [0.2, 0.25) is 15.0 Å². The summed E-state index contributed by atoms with van der Waals surface area (Å²) in [5.74, 6) is -0.583. The molecule has 0 aliphatic rings. The molecule has 2 aromatic heterocycles. The van der Waals surface area contributed by atoms with Crippen molar-refractivity contribution in [3.8, 4) is 11.3 Å². The summed E-state index contributed by atoms with van der Waals surface area (Å²) in [7, 11) is -5.78. The number of pyridine rings is 1. The molecule has 1 aromatic carbocycles. The van der Waals surface area contributed by atoms with Gasteiger partial charge in [-0.2, -0.15) is 0 Å². The fraction of sp³-hybridized carbons (Fsp3) is 0.375. The summed E-state index contributed by atoms with van der Waals surface area (Å²) >= 11 is 5.88. The maximum absolute atomic E-state index is 14.3. The zero-order chi connectivity index (χ0) is 26.2. The third-order valence-electron chi connectivity index (χ3n) is 6.28. The van der Waals surface area contributed by atoms with Crippen LogP contribution in [0.4, 0.5) is 4.39 Å². The van der Waals surface area contributed by atoms with E-state index in [1.165, 1.54) is 35.0 Å². The largest absolute Gasteiger partial charge is 0.414 e. The van der Waals surface area contributed by atoms with Crippen LogP contribution in [0.5, 0.6) is 0 Å². The Morgan fingerprint density at radius 3 is 2.43 bits per heavy atom. The van der Waals surface area contributed by atoms with Gasteiger partial charge in [-0.15, -0.1) is 0 Å². The van der Waals surface area contributed by atoms with E-state index in [1.807, 2.05) is 0 Å². The molecule has 0 bridgehead atoms. The molecule has 0 saturated heterocycles. The fourth-order valence-electron chi connectivity index (χ4n) is 3.15. The molecule has 0 aliphatic carbocycles. The molecule has 7 nitrogen and oxygen atoms in total. The minimum Gasteiger partial charge on any atom is -0.414 e. The Labute approximate surface area is 211 Å². The second-order valence-electron chi connectivity index (χ2n) is 9.92. The highest BCUT2D eigenvalue weighted by Gasteiger charge is 2.38. The highest BCUT2D eigenvalue weighted by atomic mass is 35.5. The number of halogens is 2. The van der Waals surface area contributed by atoms with Gasteiger partial charge in [0.25, 0.3) is 5.56 Å². The van der Waals surface area contributed by atoms with Gasteiger partial charge in [0.15, 0.2) is 8.32 Å². The summed E-state index contributed by atoms with van der Waals surface area (Å²) in [5.41, 5.74) is 0.907. The Morgan fingerprint density at radius 1 is 1.17 bits per heavy atom. The monoisotopic (exact) mass is 537 g/mol. The molecule has 35 heavy (non-hydrogen) atoms. The van der Waals surface area contributed by atoms with E-state index < -0.39 is 30.0 Å². The lowest BCUT2D eigenvalue weighted by molar-refractivity contribution is 0.246. The van der Waals surface area contributed by atoms with Gasteiger partial charge in [-0.3, -0.25) is 4.79 Å². The number of benzene rings is 1. The lowest BCUT2D eigenvalue weighted by Gasteiger charge is -2.37. The molecule has 0 radical (unpaired) electrons. The number of rotatable bonds is 7. The molecule has 0 amide bonds. The van der Waals surface area contributed by atoms with E-state index in [2.05, 4.69) is 43.8 Å². The number of nitrogens with zero attached hydrogens (tertiary/aromatic N) is 3. The third-order valence-corrected chi connectivity index (χ3v) is 11.9. The van der Waals surface area contributed by atoms with Gasteiger partial charge < -0.3 is 8.99 Å². The minimum atomic E-state index is -3.61. The molecule has 0 spiro atoms. The quantitative estimate of drug-likeness (QED) is 0.307. The normalized spacial score (nSPS) is 13.6. The Bertz CT molecular complexity index is 1400. The van der Waals surface area contributed by atoms with Crippen molar-refractivity contribution in [3.63, 3.8) is 0 Å². The lowest BCUT2D eigenvalue weighted by Crippen LogP contribution is -2.43. The van der Waals surface area contributed by atoms with Gasteiger partial charge in [-0.1, -0.05) is 38.4 Å². The van der Waals surface area contributed by atoms with Crippen molar-refractivity contribution in [1.82, 2.24) is 14.5 Å². The highest BCUT2D eigenvalue weighted by molar-refractivity contribution is 7.90. The van der Waals surface area contributed by atoms with E-state index in [4.69, 9.17) is 16.0 Å². The SMILES string of the molecule is CC(C)(C)[Si](C)(C)OCC(c1ccc(Cl)c(F)c1)n1ccc(-c2ccnc(S(C)(=O)=O)n2)cc1=O. The van der Waals surface area contributed by atoms with Crippen molar-refractivity contribution >= 4 is 29.8 Å². The van der Waals surface area contributed by atoms with Gasteiger partial charge >= 0.3 is 0 Å². The van der Waals surface area contributed by atoms with Crippen molar-refractivity contribution in [3.05, 3.63) is 75.5 Å². The molecule has 11 heteroatoms. The van der Waals surface area contributed by atoms with Crippen LogP contribution >= 0.6 is 11.6 Å². The van der Waals surface area contributed by atoms with Gasteiger partial charge in [0, 0.05) is 30.3 Å². The van der Waals surface area contributed by atoms with E-state index in [1.54, 1.807) is 18.3 Å². The van der Waals surface area contributed by atoms with Crippen LogP contribution in [0.25, 0.3) is 11.3 Å². The molecule has 1 unspecified atom stereocenters. The Hall–Kier alpha value is -2.40. The highest BCUT2D eigenvalue weighted by Crippen LogP contribution is 2.37. The number of aromatic nitrogens is 3. The van der Waals surface area contributed by atoms with Gasteiger partial charge in [0.1, 0.15) is 5.82 Å². The first kappa shape index (κ1) is 27.2. The van der Waals surface area contributed by atoms with Crippen molar-refractivity contribution in [2.75, 3.05) is 12.9 Å². The van der Waals surface area contributed by atoms with Crippen molar-refractivity contribution < 1.29 is 17.2 Å². The molecule has 3 aromatic rings. The molecule has 0 N–H and O–H groups in total. The number of hydrogen-bond acceptors (Lipinski definition) is 6. The standard InChI is InChI=1S/C24H29ClFN3O4SSi/c1-24(2,3)35(5,6)33-15-21(17-7-8-18(25)19(26)13-17)29-12-10-16(14-22(29)30)20-9-11-27-23(28-20)34(4,31)32/h7-14,21H,15H2,1-6H3. The van der Waals surface area contributed by atoms with Crippen LogP contribution in [-0.2, 0) is 14.3 Å². The Kier molecular flexibility index (Phi) is 7.71. The van der Waals surface area contributed by atoms with Crippen LogP contribution in [0, 0.1) is 5.82 Å². The first-order valence-corrected chi connectivity index (χ1v) is 16.1. The summed E-state index contributed by atoms with van der Waals surface area (Å²) in [6.07, 6.45) is 3.92. The van der Waals surface area contributed by atoms with Crippen LogP contribution in [0.2, 0.25) is 23.2 Å². The average Bonchev–Trinajstić information content (AvgIpc) is 2.75. The van der Waals surface area contributed by atoms with Gasteiger partial charge in [-0.25, -0.2) is 22.8 Å². The Morgan fingerprint density at radius 2 is 1.86 bits per heavy atom. The minimum absolute atomic E-state index is 0.00838. The van der Waals surface area contributed by atoms with Crippen molar-refractivity contribution in [2.45, 2.75) is 50.1 Å². The van der Waals surface area contributed by atoms with Crippen LogP contribution in [0.15, 0.2) is 58.7 Å². The van der Waals surface area contributed by atoms with Crippen LogP contribution in [0.3, 0.4) is 0 Å². The molecule has 188 valence electrons. The van der Waals surface area contributed by atoms with Crippen molar-refractivity contribution in [2.24, 2.45) is 0 Å². The smallest absolute Gasteiger partial charge is 0.251 e. The predicted octanol–water partition coefficient (Wildman–Crippen LogP) is 5.11. The second kappa shape index (κ2) is 9.92. The van der Waals surface area contributed by atoms with Crippen LogP contribution < -0.4 is 5.56 Å². The summed E-state index contributed by atoms with van der Waals surface area (Å²) in [6, 6.07) is 8.38. The lowest BCUT2D eigenvalue weighted by atomic mass is 10.1. The molecule has 1 atom stereocenters. The topological polar surface area (TPSA) is 91.2 Å². The molecule has 0 fully saturated rings. The number of sulfone groups is 1. The molecule has 3 rings (SSSR count). The molecule has 0 saturated carbocycles. The van der Waals surface area contributed by atoms with Gasteiger partial charge in [-0.05, 0) is 48.0 Å².